The molecule has 1 amide bonds. The lowest BCUT2D eigenvalue weighted by Crippen LogP contribution is -2.28. The highest BCUT2D eigenvalue weighted by atomic mass is 16.1. The molecule has 1 rings (SSSR count). The summed E-state index contributed by atoms with van der Waals surface area (Å²) in [6, 6.07) is 3.48. The lowest BCUT2D eigenvalue weighted by Gasteiger charge is -2.19. The van der Waals surface area contributed by atoms with Gasteiger partial charge in [-0.1, -0.05) is 20.8 Å². The van der Waals surface area contributed by atoms with E-state index in [0.717, 1.165) is 18.7 Å². The van der Waals surface area contributed by atoms with Crippen LogP contribution in [0.1, 0.15) is 43.2 Å². The van der Waals surface area contributed by atoms with Gasteiger partial charge in [0.1, 0.15) is 5.82 Å². The molecule has 1 aromatic rings. The van der Waals surface area contributed by atoms with Crippen LogP contribution in [0.2, 0.25) is 0 Å². The van der Waals surface area contributed by atoms with Crippen LogP contribution in [0.15, 0.2) is 12.1 Å². The number of nitrogen functional groups attached to an aromatic ring is 1. The first-order chi connectivity index (χ1) is 9.74. The molecule has 4 N–H and O–H groups in total. The molecule has 0 atom stereocenters. The minimum absolute atomic E-state index is 0.0989. The summed E-state index contributed by atoms with van der Waals surface area (Å²) in [6.45, 7) is 7.74. The number of anilines is 1. The second kappa shape index (κ2) is 7.38. The number of aromatic nitrogens is 1. The fraction of sp³-hybridized carbons (Fsp3) is 0.600. The van der Waals surface area contributed by atoms with E-state index < -0.39 is 0 Å². The summed E-state index contributed by atoms with van der Waals surface area (Å²) in [5.41, 5.74) is 3.78. The zero-order chi connectivity index (χ0) is 16.0. The van der Waals surface area contributed by atoms with Crippen molar-refractivity contribution in [2.45, 2.75) is 32.6 Å². The van der Waals surface area contributed by atoms with Gasteiger partial charge in [0.15, 0.2) is 0 Å². The molecule has 0 saturated heterocycles. The van der Waals surface area contributed by atoms with Gasteiger partial charge in [-0.3, -0.25) is 4.79 Å². The third-order valence-corrected chi connectivity index (χ3v) is 3.07. The van der Waals surface area contributed by atoms with Crippen molar-refractivity contribution in [2.75, 3.05) is 32.6 Å². The number of amides is 1. The van der Waals surface area contributed by atoms with Gasteiger partial charge in [-0.2, -0.15) is 0 Å². The van der Waals surface area contributed by atoms with Crippen LogP contribution in [-0.2, 0) is 5.41 Å². The number of hydrazine groups is 1. The molecule has 0 aromatic carbocycles. The number of hydrogen-bond acceptors (Lipinski definition) is 5. The molecule has 0 aliphatic rings. The number of pyridine rings is 1. The van der Waals surface area contributed by atoms with E-state index in [1.54, 1.807) is 6.07 Å². The van der Waals surface area contributed by atoms with Gasteiger partial charge in [0.2, 0.25) is 0 Å². The Kier molecular flexibility index (Phi) is 6.11. The van der Waals surface area contributed by atoms with Crippen LogP contribution in [0.3, 0.4) is 0 Å². The lowest BCUT2D eigenvalue weighted by atomic mass is 9.90. The van der Waals surface area contributed by atoms with Crippen LogP contribution in [0.4, 0.5) is 5.82 Å². The molecule has 1 heterocycles. The van der Waals surface area contributed by atoms with Gasteiger partial charge in [0, 0.05) is 23.2 Å². The first-order valence-corrected chi connectivity index (χ1v) is 7.16. The van der Waals surface area contributed by atoms with E-state index in [9.17, 15) is 4.79 Å². The van der Waals surface area contributed by atoms with Crippen LogP contribution in [0.5, 0.6) is 0 Å². The van der Waals surface area contributed by atoms with E-state index in [4.69, 9.17) is 5.84 Å². The summed E-state index contributed by atoms with van der Waals surface area (Å²) in [7, 11) is 4.03. The minimum atomic E-state index is -0.146. The number of nitrogens with two attached hydrogens (primary N) is 1. The Morgan fingerprint density at radius 3 is 2.52 bits per heavy atom. The molecule has 6 nitrogen and oxygen atoms in total. The summed E-state index contributed by atoms with van der Waals surface area (Å²) >= 11 is 0. The number of hydrogen-bond donors (Lipinski definition) is 3. The maximum absolute atomic E-state index is 12.2. The van der Waals surface area contributed by atoms with Crippen molar-refractivity contribution in [3.8, 4) is 0 Å². The Morgan fingerprint density at radius 1 is 1.33 bits per heavy atom. The normalized spacial score (nSPS) is 11.6. The van der Waals surface area contributed by atoms with Gasteiger partial charge >= 0.3 is 0 Å². The number of nitrogens with zero attached hydrogens (tertiary/aromatic N) is 2. The summed E-state index contributed by atoms with van der Waals surface area (Å²) < 4.78 is 0. The summed E-state index contributed by atoms with van der Waals surface area (Å²) in [5.74, 6) is 5.84. The highest BCUT2D eigenvalue weighted by Gasteiger charge is 2.19. The molecule has 6 heteroatoms. The molecule has 118 valence electrons. The standard InChI is InChI=1S/C15H27N5O/c1-15(2,3)12-9-11(10-13(18-12)19-16)14(21)17-7-6-8-20(4)5/h9-10H,6-8,16H2,1-5H3,(H,17,21)(H,18,19). The van der Waals surface area contributed by atoms with Crippen LogP contribution in [0, 0.1) is 0 Å². The van der Waals surface area contributed by atoms with E-state index in [-0.39, 0.29) is 11.3 Å². The monoisotopic (exact) mass is 293 g/mol. The first kappa shape index (κ1) is 17.4. The van der Waals surface area contributed by atoms with E-state index in [1.807, 2.05) is 40.9 Å². The Labute approximate surface area is 127 Å². The Morgan fingerprint density at radius 2 is 2.00 bits per heavy atom. The molecule has 0 unspecified atom stereocenters. The number of rotatable bonds is 6. The second-order valence-electron chi connectivity index (χ2n) is 6.43. The fourth-order valence-corrected chi connectivity index (χ4v) is 1.82. The zero-order valence-electron chi connectivity index (χ0n) is 13.7. The summed E-state index contributed by atoms with van der Waals surface area (Å²) in [5, 5.41) is 2.92. The molecule has 0 aliphatic carbocycles. The fourth-order valence-electron chi connectivity index (χ4n) is 1.82. The summed E-state index contributed by atoms with van der Waals surface area (Å²) in [4.78, 5) is 18.7. The third-order valence-electron chi connectivity index (χ3n) is 3.07. The molecule has 21 heavy (non-hydrogen) atoms. The molecule has 1 aromatic heterocycles. The maximum Gasteiger partial charge on any atom is 0.251 e. The largest absolute Gasteiger partial charge is 0.352 e. The Hall–Kier alpha value is -1.66. The van der Waals surface area contributed by atoms with Gasteiger partial charge in [0.05, 0.1) is 0 Å². The average molecular weight is 293 g/mol. The van der Waals surface area contributed by atoms with E-state index in [0.29, 0.717) is 17.9 Å². The zero-order valence-corrected chi connectivity index (χ0v) is 13.7. The first-order valence-electron chi connectivity index (χ1n) is 7.16. The highest BCUT2D eigenvalue weighted by molar-refractivity contribution is 5.95. The predicted octanol–water partition coefficient (Wildman–Crippen LogP) is 1.35. The molecule has 0 bridgehead atoms. The van der Waals surface area contributed by atoms with Crippen LogP contribution < -0.4 is 16.6 Å². The Balaban J connectivity index is 2.79. The molecule has 0 aliphatic heterocycles. The molecular weight excluding hydrogens is 266 g/mol. The molecular formula is C15H27N5O. The van der Waals surface area contributed by atoms with E-state index in [2.05, 4.69) is 20.6 Å². The van der Waals surface area contributed by atoms with Crippen molar-refractivity contribution < 1.29 is 4.79 Å². The van der Waals surface area contributed by atoms with Gasteiger partial charge in [-0.05, 0) is 39.2 Å². The number of carbonyl (C=O) groups excluding carboxylic acids is 1. The van der Waals surface area contributed by atoms with Gasteiger partial charge < -0.3 is 15.6 Å². The Bertz CT molecular complexity index is 479. The lowest BCUT2D eigenvalue weighted by molar-refractivity contribution is 0.0952. The van der Waals surface area contributed by atoms with Crippen LogP contribution in [-0.4, -0.2) is 43.0 Å². The van der Waals surface area contributed by atoms with Crippen molar-refractivity contribution in [1.82, 2.24) is 15.2 Å². The van der Waals surface area contributed by atoms with Crippen molar-refractivity contribution >= 4 is 11.7 Å². The maximum atomic E-state index is 12.2. The van der Waals surface area contributed by atoms with Crippen LogP contribution in [0.25, 0.3) is 0 Å². The quantitative estimate of drug-likeness (QED) is 0.419. The van der Waals surface area contributed by atoms with E-state index >= 15 is 0 Å². The molecule has 0 fully saturated rings. The average Bonchev–Trinajstić information content (AvgIpc) is 2.41. The smallest absolute Gasteiger partial charge is 0.251 e. The molecule has 0 saturated carbocycles. The van der Waals surface area contributed by atoms with Crippen molar-refractivity contribution in [1.29, 1.82) is 0 Å². The van der Waals surface area contributed by atoms with E-state index in [1.165, 1.54) is 0 Å². The molecule has 0 radical (unpaired) electrons. The topological polar surface area (TPSA) is 83.3 Å². The van der Waals surface area contributed by atoms with Crippen molar-refractivity contribution in [2.24, 2.45) is 5.84 Å². The second-order valence-corrected chi connectivity index (χ2v) is 6.43. The van der Waals surface area contributed by atoms with Gasteiger partial charge in [-0.25, -0.2) is 10.8 Å². The van der Waals surface area contributed by atoms with Gasteiger partial charge in [0.25, 0.3) is 5.91 Å². The summed E-state index contributed by atoms with van der Waals surface area (Å²) in [6.07, 6.45) is 0.915. The number of carbonyl (C=O) groups is 1. The van der Waals surface area contributed by atoms with Gasteiger partial charge in [-0.15, -0.1) is 0 Å². The highest BCUT2D eigenvalue weighted by Crippen LogP contribution is 2.23. The SMILES string of the molecule is CN(C)CCCNC(=O)c1cc(NN)nc(C(C)(C)C)c1. The number of nitrogens with one attached hydrogen (secondary N) is 2. The predicted molar refractivity (Wildman–Crippen MR) is 86.3 cm³/mol. The van der Waals surface area contributed by atoms with Crippen molar-refractivity contribution in [3.05, 3.63) is 23.4 Å². The van der Waals surface area contributed by atoms with Crippen LogP contribution >= 0.6 is 0 Å². The molecule has 0 spiro atoms. The van der Waals surface area contributed by atoms with Crippen molar-refractivity contribution in [3.63, 3.8) is 0 Å². The minimum Gasteiger partial charge on any atom is -0.352 e. The third kappa shape index (κ3) is 5.69.